The maximum absolute atomic E-state index is 12.7. The molecule has 4 saturated carbocycles. The van der Waals surface area contributed by atoms with Crippen molar-refractivity contribution in [3.05, 3.63) is 0 Å². The topological polar surface area (TPSA) is 93.1 Å². The van der Waals surface area contributed by atoms with Crippen molar-refractivity contribution in [1.82, 2.24) is 0 Å². The zero-order valence-corrected chi connectivity index (χ0v) is 21.4. The third-order valence-corrected chi connectivity index (χ3v) is 10.2. The van der Waals surface area contributed by atoms with Gasteiger partial charge in [0.1, 0.15) is 12.2 Å². The molecule has 0 radical (unpaired) electrons. The van der Waals surface area contributed by atoms with Crippen LogP contribution < -0.4 is 0 Å². The van der Waals surface area contributed by atoms with E-state index in [0.29, 0.717) is 31.1 Å². The van der Waals surface area contributed by atoms with Crippen molar-refractivity contribution in [2.45, 2.75) is 111 Å². The van der Waals surface area contributed by atoms with Crippen molar-refractivity contribution < 1.29 is 29.3 Å². The summed E-state index contributed by atoms with van der Waals surface area (Å²) in [6.45, 7) is 12.0. The van der Waals surface area contributed by atoms with Crippen molar-refractivity contribution in [1.29, 1.82) is 0 Å². The molecule has 0 unspecified atom stereocenters. The van der Waals surface area contributed by atoms with Crippen molar-refractivity contribution in [3.63, 3.8) is 0 Å². The number of rotatable bonds is 5. The molecule has 188 valence electrons. The molecule has 4 rings (SSSR count). The number of hydrogen-bond donors (Lipinski definition) is 2. The second kappa shape index (κ2) is 8.22. The maximum atomic E-state index is 12.7. The summed E-state index contributed by atoms with van der Waals surface area (Å²) in [7, 11) is 0. The van der Waals surface area contributed by atoms with Crippen LogP contribution in [0.3, 0.4) is 0 Å². The van der Waals surface area contributed by atoms with Crippen LogP contribution in [0.4, 0.5) is 0 Å². The molecule has 33 heavy (non-hydrogen) atoms. The molecule has 8 atom stereocenters. The van der Waals surface area contributed by atoms with Gasteiger partial charge in [0.25, 0.3) is 0 Å². The van der Waals surface area contributed by atoms with E-state index in [0.717, 1.165) is 32.1 Å². The number of aliphatic hydroxyl groups excluding tert-OH is 1. The highest BCUT2D eigenvalue weighted by molar-refractivity contribution is 5.70. The van der Waals surface area contributed by atoms with E-state index >= 15 is 0 Å². The van der Waals surface area contributed by atoms with Crippen LogP contribution in [-0.4, -0.2) is 46.6 Å². The van der Waals surface area contributed by atoms with Gasteiger partial charge in [0, 0.05) is 18.8 Å². The first kappa shape index (κ1) is 25.0. The lowest BCUT2D eigenvalue weighted by Crippen LogP contribution is -2.64. The Kier molecular flexibility index (Phi) is 6.22. The summed E-state index contributed by atoms with van der Waals surface area (Å²) in [5.41, 5.74) is -1.37. The van der Waals surface area contributed by atoms with Crippen LogP contribution >= 0.6 is 0 Å². The van der Waals surface area contributed by atoms with Crippen LogP contribution in [0.15, 0.2) is 0 Å². The molecular weight excluding hydrogens is 420 g/mol. The fourth-order valence-corrected chi connectivity index (χ4v) is 9.18. The van der Waals surface area contributed by atoms with Crippen molar-refractivity contribution in [2.24, 2.45) is 39.9 Å². The molecule has 6 nitrogen and oxygen atoms in total. The minimum atomic E-state index is -0.967. The van der Waals surface area contributed by atoms with Gasteiger partial charge in [0.2, 0.25) is 0 Å². The normalized spacial score (nSPS) is 45.8. The Hall–Kier alpha value is -1.14. The van der Waals surface area contributed by atoms with Gasteiger partial charge in [-0.2, -0.15) is 0 Å². The Balaban J connectivity index is 1.69. The molecular formula is C27H44O6. The van der Waals surface area contributed by atoms with E-state index in [2.05, 4.69) is 20.8 Å². The Bertz CT molecular complexity index is 791. The first-order chi connectivity index (χ1) is 15.3. The van der Waals surface area contributed by atoms with E-state index in [1.165, 1.54) is 6.92 Å². The quantitative estimate of drug-likeness (QED) is 0.591. The number of fused-ring (bicyclic) bond motifs is 3. The van der Waals surface area contributed by atoms with Crippen molar-refractivity contribution in [2.75, 3.05) is 6.61 Å². The summed E-state index contributed by atoms with van der Waals surface area (Å²) >= 11 is 0. The predicted octanol–water partition coefficient (Wildman–Crippen LogP) is 4.25. The van der Waals surface area contributed by atoms with Crippen LogP contribution in [0.2, 0.25) is 0 Å². The summed E-state index contributed by atoms with van der Waals surface area (Å²) < 4.78 is 12.0. The average molecular weight is 465 g/mol. The molecule has 4 aliphatic rings. The molecule has 0 aromatic heterocycles. The number of aliphatic hydroxyl groups is 2. The van der Waals surface area contributed by atoms with E-state index in [1.54, 1.807) is 0 Å². The molecule has 0 amide bonds. The van der Waals surface area contributed by atoms with E-state index in [9.17, 15) is 19.8 Å². The number of hydrogen-bond acceptors (Lipinski definition) is 6. The highest BCUT2D eigenvalue weighted by Crippen LogP contribution is 2.73. The minimum Gasteiger partial charge on any atom is -0.458 e. The molecule has 4 aliphatic carbocycles. The molecule has 0 heterocycles. The molecule has 0 aliphatic heterocycles. The second-order valence-corrected chi connectivity index (χ2v) is 13.1. The van der Waals surface area contributed by atoms with Gasteiger partial charge in [-0.1, -0.05) is 34.6 Å². The Morgan fingerprint density at radius 1 is 1.03 bits per heavy atom. The largest absolute Gasteiger partial charge is 0.458 e. The lowest BCUT2D eigenvalue weighted by atomic mass is 9.40. The summed E-state index contributed by atoms with van der Waals surface area (Å²) in [6.07, 6.45) is 5.72. The van der Waals surface area contributed by atoms with Crippen LogP contribution in [0, 0.1) is 39.9 Å². The van der Waals surface area contributed by atoms with Gasteiger partial charge in [0.05, 0.1) is 12.2 Å². The molecule has 0 aromatic carbocycles. The van der Waals surface area contributed by atoms with Gasteiger partial charge >= 0.3 is 11.9 Å². The predicted molar refractivity (Wildman–Crippen MR) is 124 cm³/mol. The van der Waals surface area contributed by atoms with E-state index in [4.69, 9.17) is 9.47 Å². The lowest BCUT2D eigenvalue weighted by molar-refractivity contribution is -0.236. The summed E-state index contributed by atoms with van der Waals surface area (Å²) in [5, 5.41) is 21.2. The van der Waals surface area contributed by atoms with Crippen molar-refractivity contribution >= 4 is 11.9 Å². The van der Waals surface area contributed by atoms with Gasteiger partial charge in [-0.3, -0.25) is 9.59 Å². The van der Waals surface area contributed by atoms with Crippen LogP contribution in [-0.2, 0) is 19.1 Å². The Labute approximate surface area is 198 Å². The zero-order valence-electron chi connectivity index (χ0n) is 21.4. The van der Waals surface area contributed by atoms with Crippen molar-refractivity contribution in [3.8, 4) is 0 Å². The molecule has 6 heteroatoms. The number of carbonyl (C=O) groups excluding carboxylic acids is 2. The van der Waals surface area contributed by atoms with E-state index in [-0.39, 0.29) is 46.6 Å². The molecule has 0 aromatic rings. The SMILES string of the molecule is CC(=O)O[C@@H]1[C@H](OC(=O)CC(C)C)C[C@@]2(C)[C@@H](CC[C@@]34C[C@@H](CC[C@@H]32)[C@@](O)(CO)C4)C1(C)C. The smallest absolute Gasteiger partial charge is 0.306 e. The minimum absolute atomic E-state index is 0.0302. The lowest BCUT2D eigenvalue weighted by Gasteiger charge is -2.66. The van der Waals surface area contributed by atoms with E-state index < -0.39 is 17.8 Å². The monoisotopic (exact) mass is 464 g/mol. The van der Waals surface area contributed by atoms with Crippen LogP contribution in [0.25, 0.3) is 0 Å². The molecule has 2 N–H and O–H groups in total. The highest BCUT2D eigenvalue weighted by atomic mass is 16.6. The number of carbonyl (C=O) groups is 2. The van der Waals surface area contributed by atoms with Gasteiger partial charge in [0.15, 0.2) is 0 Å². The fraction of sp³-hybridized carbons (Fsp3) is 0.926. The second-order valence-electron chi connectivity index (χ2n) is 13.1. The highest BCUT2D eigenvalue weighted by Gasteiger charge is 2.69. The summed E-state index contributed by atoms with van der Waals surface area (Å²) in [5.74, 6) is 0.526. The third kappa shape index (κ3) is 3.93. The van der Waals surface area contributed by atoms with Crippen LogP contribution in [0.1, 0.15) is 92.9 Å². The maximum Gasteiger partial charge on any atom is 0.306 e. The Morgan fingerprint density at radius 3 is 2.33 bits per heavy atom. The van der Waals surface area contributed by atoms with Gasteiger partial charge < -0.3 is 19.7 Å². The van der Waals surface area contributed by atoms with Crippen LogP contribution in [0.5, 0.6) is 0 Å². The summed E-state index contributed by atoms with van der Waals surface area (Å²) in [6, 6.07) is 0. The number of ether oxygens (including phenoxy) is 2. The number of esters is 2. The summed E-state index contributed by atoms with van der Waals surface area (Å²) in [4.78, 5) is 24.8. The van der Waals surface area contributed by atoms with Gasteiger partial charge in [-0.15, -0.1) is 0 Å². The standard InChI is InChI=1S/C27H44O6/c1-16(2)11-22(30)33-19-13-25(6)20(24(4,5)23(19)32-17(3)29)9-10-26-12-18(7-8-21(25)26)27(31,14-26)15-28/h16,18-21,23,28,31H,7-15H2,1-6H3/t18-,19-,20+,21-,23-,25+,26+,27+/m1/s1. The Morgan fingerprint density at radius 2 is 1.73 bits per heavy atom. The van der Waals surface area contributed by atoms with E-state index in [1.807, 2.05) is 13.8 Å². The van der Waals surface area contributed by atoms with Gasteiger partial charge in [-0.05, 0) is 79.4 Å². The molecule has 0 saturated heterocycles. The first-order valence-electron chi connectivity index (χ1n) is 13.0. The molecule has 2 bridgehead atoms. The average Bonchev–Trinajstić information content (AvgIpc) is 2.89. The zero-order chi connectivity index (χ0) is 24.4. The first-order valence-corrected chi connectivity index (χ1v) is 13.0. The fourth-order valence-electron chi connectivity index (χ4n) is 9.18. The molecule has 1 spiro atoms. The third-order valence-electron chi connectivity index (χ3n) is 10.2. The van der Waals surface area contributed by atoms with Gasteiger partial charge in [-0.25, -0.2) is 0 Å². The molecule has 4 fully saturated rings.